The summed E-state index contributed by atoms with van der Waals surface area (Å²) < 4.78 is 11.3. The lowest BCUT2D eigenvalue weighted by Gasteiger charge is -2.03. The van der Waals surface area contributed by atoms with Crippen molar-refractivity contribution in [1.29, 1.82) is 0 Å². The normalized spacial score (nSPS) is 11.2. The van der Waals surface area contributed by atoms with Crippen molar-refractivity contribution in [2.24, 2.45) is 0 Å². The molecular formula is C15H14O2. The highest BCUT2D eigenvalue weighted by Gasteiger charge is 2.12. The topological polar surface area (TPSA) is 22.4 Å². The minimum atomic E-state index is 0.830. The van der Waals surface area contributed by atoms with Crippen molar-refractivity contribution < 1.29 is 9.15 Å². The van der Waals surface area contributed by atoms with Gasteiger partial charge in [-0.05, 0) is 37.1 Å². The minimum absolute atomic E-state index is 0.830. The van der Waals surface area contributed by atoms with Crippen molar-refractivity contribution in [3.05, 3.63) is 41.5 Å². The van der Waals surface area contributed by atoms with E-state index in [1.54, 1.807) is 7.11 Å². The molecule has 1 heterocycles. The van der Waals surface area contributed by atoms with E-state index in [0.717, 1.165) is 33.3 Å². The van der Waals surface area contributed by atoms with Gasteiger partial charge in [-0.3, -0.25) is 0 Å². The van der Waals surface area contributed by atoms with Gasteiger partial charge in [0.2, 0.25) is 0 Å². The number of benzene rings is 2. The van der Waals surface area contributed by atoms with E-state index in [1.807, 2.05) is 6.92 Å². The Morgan fingerprint density at radius 3 is 2.53 bits per heavy atom. The second-order valence-electron chi connectivity index (χ2n) is 4.39. The molecule has 3 aromatic rings. The monoisotopic (exact) mass is 226 g/mol. The summed E-state index contributed by atoms with van der Waals surface area (Å²) in [5.74, 6) is 0.830. The first-order valence-electron chi connectivity index (χ1n) is 5.67. The molecule has 0 aliphatic carbocycles. The quantitative estimate of drug-likeness (QED) is 0.620. The molecule has 0 amide bonds. The number of ether oxygens (including phenoxy) is 1. The highest BCUT2D eigenvalue weighted by atomic mass is 16.5. The molecular weight excluding hydrogens is 212 g/mol. The second kappa shape index (κ2) is 3.52. The summed E-state index contributed by atoms with van der Waals surface area (Å²) >= 11 is 0. The van der Waals surface area contributed by atoms with Crippen molar-refractivity contribution in [2.75, 3.05) is 7.11 Å². The van der Waals surface area contributed by atoms with E-state index in [1.165, 1.54) is 5.56 Å². The molecule has 1 aromatic heterocycles. The lowest BCUT2D eigenvalue weighted by molar-refractivity contribution is 0.409. The van der Waals surface area contributed by atoms with Crippen LogP contribution in [0.1, 0.15) is 11.1 Å². The van der Waals surface area contributed by atoms with E-state index in [0.29, 0.717) is 0 Å². The number of hydrogen-bond acceptors (Lipinski definition) is 2. The predicted molar refractivity (Wildman–Crippen MR) is 69.7 cm³/mol. The molecule has 0 aliphatic heterocycles. The largest absolute Gasteiger partial charge is 0.493 e. The molecule has 0 saturated heterocycles. The fourth-order valence-corrected chi connectivity index (χ4v) is 2.27. The van der Waals surface area contributed by atoms with Gasteiger partial charge in [-0.2, -0.15) is 0 Å². The summed E-state index contributed by atoms with van der Waals surface area (Å²) in [5, 5.41) is 2.26. The molecule has 0 fully saturated rings. The smallest absolute Gasteiger partial charge is 0.177 e. The van der Waals surface area contributed by atoms with Crippen LogP contribution in [0.5, 0.6) is 5.75 Å². The summed E-state index contributed by atoms with van der Waals surface area (Å²) in [6, 6.07) is 10.4. The van der Waals surface area contributed by atoms with Crippen LogP contribution in [0, 0.1) is 13.8 Å². The Bertz CT molecular complexity index is 708. The van der Waals surface area contributed by atoms with Crippen LogP contribution < -0.4 is 4.74 Å². The number of methoxy groups -OCH3 is 1. The molecule has 2 heteroatoms. The number of rotatable bonds is 1. The molecule has 17 heavy (non-hydrogen) atoms. The van der Waals surface area contributed by atoms with Gasteiger partial charge in [0.15, 0.2) is 11.3 Å². The Hall–Kier alpha value is -1.96. The van der Waals surface area contributed by atoms with E-state index >= 15 is 0 Å². The Kier molecular flexibility index (Phi) is 2.11. The summed E-state index contributed by atoms with van der Waals surface area (Å²) in [5.41, 5.74) is 4.06. The third kappa shape index (κ3) is 1.41. The molecule has 0 radical (unpaired) electrons. The Morgan fingerprint density at radius 2 is 1.76 bits per heavy atom. The van der Waals surface area contributed by atoms with Gasteiger partial charge >= 0.3 is 0 Å². The number of furan rings is 1. The summed E-state index contributed by atoms with van der Waals surface area (Å²) in [6.07, 6.45) is 0. The van der Waals surface area contributed by atoms with Crippen molar-refractivity contribution in [1.82, 2.24) is 0 Å². The fourth-order valence-electron chi connectivity index (χ4n) is 2.27. The van der Waals surface area contributed by atoms with E-state index in [9.17, 15) is 0 Å². The van der Waals surface area contributed by atoms with Gasteiger partial charge in [0.1, 0.15) is 5.58 Å². The van der Waals surface area contributed by atoms with Crippen molar-refractivity contribution in [3.63, 3.8) is 0 Å². The molecule has 3 rings (SSSR count). The summed E-state index contributed by atoms with van der Waals surface area (Å²) in [6.45, 7) is 4.09. The third-order valence-electron chi connectivity index (χ3n) is 3.15. The second-order valence-corrected chi connectivity index (χ2v) is 4.39. The minimum Gasteiger partial charge on any atom is -0.493 e. The average Bonchev–Trinajstić information content (AvgIpc) is 2.66. The maximum Gasteiger partial charge on any atom is 0.177 e. The van der Waals surface area contributed by atoms with E-state index in [2.05, 4.69) is 37.3 Å². The summed E-state index contributed by atoms with van der Waals surface area (Å²) in [4.78, 5) is 0. The van der Waals surface area contributed by atoms with Crippen LogP contribution in [-0.2, 0) is 0 Å². The molecule has 0 spiro atoms. The molecule has 0 saturated carbocycles. The van der Waals surface area contributed by atoms with Crippen LogP contribution >= 0.6 is 0 Å². The molecule has 0 N–H and O–H groups in total. The standard InChI is InChI=1S/C15H14O2/c1-9-4-6-11-12-7-5-10(2)14(16-3)15(12)17-13(11)8-9/h4-8H,1-3H3. The predicted octanol–water partition coefficient (Wildman–Crippen LogP) is 4.21. The molecule has 0 unspecified atom stereocenters. The SMILES string of the molecule is COc1c(C)ccc2c1oc1cc(C)ccc12. The number of hydrogen-bond donors (Lipinski definition) is 0. The number of aryl methyl sites for hydroxylation is 2. The van der Waals surface area contributed by atoms with Crippen LogP contribution in [0.2, 0.25) is 0 Å². The Morgan fingerprint density at radius 1 is 1.00 bits per heavy atom. The van der Waals surface area contributed by atoms with Gasteiger partial charge in [0, 0.05) is 10.8 Å². The number of fused-ring (bicyclic) bond motifs is 3. The van der Waals surface area contributed by atoms with E-state index < -0.39 is 0 Å². The van der Waals surface area contributed by atoms with Crippen molar-refractivity contribution in [2.45, 2.75) is 13.8 Å². The molecule has 86 valence electrons. The molecule has 2 nitrogen and oxygen atoms in total. The molecule has 2 aromatic carbocycles. The van der Waals surface area contributed by atoms with Gasteiger partial charge in [0.05, 0.1) is 7.11 Å². The van der Waals surface area contributed by atoms with Gasteiger partial charge in [-0.25, -0.2) is 0 Å². The third-order valence-corrected chi connectivity index (χ3v) is 3.15. The van der Waals surface area contributed by atoms with Gasteiger partial charge in [-0.15, -0.1) is 0 Å². The maximum absolute atomic E-state index is 5.91. The van der Waals surface area contributed by atoms with Crippen LogP contribution in [0.4, 0.5) is 0 Å². The van der Waals surface area contributed by atoms with Crippen molar-refractivity contribution >= 4 is 21.9 Å². The Labute approximate surface area is 99.8 Å². The van der Waals surface area contributed by atoms with Gasteiger partial charge < -0.3 is 9.15 Å². The fraction of sp³-hybridized carbons (Fsp3) is 0.200. The summed E-state index contributed by atoms with van der Waals surface area (Å²) in [7, 11) is 1.68. The zero-order valence-corrected chi connectivity index (χ0v) is 10.2. The van der Waals surface area contributed by atoms with Crippen LogP contribution in [0.25, 0.3) is 21.9 Å². The first-order valence-corrected chi connectivity index (χ1v) is 5.67. The van der Waals surface area contributed by atoms with Gasteiger partial charge in [0.25, 0.3) is 0 Å². The lowest BCUT2D eigenvalue weighted by Crippen LogP contribution is -1.86. The van der Waals surface area contributed by atoms with Crippen LogP contribution in [-0.4, -0.2) is 7.11 Å². The first kappa shape index (κ1) is 10.2. The molecule has 0 aliphatic rings. The lowest BCUT2D eigenvalue weighted by atomic mass is 10.1. The highest BCUT2D eigenvalue weighted by Crippen LogP contribution is 2.36. The maximum atomic E-state index is 5.91. The highest BCUT2D eigenvalue weighted by molar-refractivity contribution is 6.07. The zero-order chi connectivity index (χ0) is 12.0. The first-order chi connectivity index (χ1) is 8.20. The van der Waals surface area contributed by atoms with Crippen molar-refractivity contribution in [3.8, 4) is 5.75 Å². The van der Waals surface area contributed by atoms with E-state index in [4.69, 9.17) is 9.15 Å². The average molecular weight is 226 g/mol. The van der Waals surface area contributed by atoms with Crippen LogP contribution in [0.15, 0.2) is 34.7 Å². The Balaban J connectivity index is 2.50. The van der Waals surface area contributed by atoms with Gasteiger partial charge in [-0.1, -0.05) is 18.2 Å². The van der Waals surface area contributed by atoms with E-state index in [-0.39, 0.29) is 0 Å². The molecule has 0 atom stereocenters. The van der Waals surface area contributed by atoms with Crippen LogP contribution in [0.3, 0.4) is 0 Å². The zero-order valence-electron chi connectivity index (χ0n) is 10.2. The molecule has 0 bridgehead atoms.